The van der Waals surface area contributed by atoms with Crippen molar-refractivity contribution in [3.63, 3.8) is 0 Å². The van der Waals surface area contributed by atoms with E-state index in [0.29, 0.717) is 15.6 Å². The number of aryl methyl sites for hydroxylation is 1. The van der Waals surface area contributed by atoms with Crippen LogP contribution in [0.25, 0.3) is 0 Å². The predicted molar refractivity (Wildman–Crippen MR) is 72.3 cm³/mol. The number of hydrogen-bond acceptors (Lipinski definition) is 2. The number of rotatable bonds is 3. The first-order valence-electron chi connectivity index (χ1n) is 5.29. The number of carboxylic acids is 1. The molecule has 0 saturated heterocycles. The van der Waals surface area contributed by atoms with E-state index in [1.54, 1.807) is 7.05 Å². The number of ketones is 1. The van der Waals surface area contributed by atoms with Crippen LogP contribution < -0.4 is 0 Å². The van der Waals surface area contributed by atoms with Crippen LogP contribution in [0.2, 0.25) is 10.0 Å². The molecule has 2 rings (SSSR count). The van der Waals surface area contributed by atoms with Crippen LogP contribution in [0.5, 0.6) is 0 Å². The van der Waals surface area contributed by atoms with Crippen molar-refractivity contribution < 1.29 is 14.7 Å². The molecule has 2 aromatic rings. The van der Waals surface area contributed by atoms with Crippen LogP contribution in [0.4, 0.5) is 0 Å². The topological polar surface area (TPSA) is 59.3 Å². The van der Waals surface area contributed by atoms with Crippen LogP contribution in [-0.2, 0) is 7.05 Å². The first-order chi connectivity index (χ1) is 8.88. The maximum Gasteiger partial charge on any atom is 0.352 e. The summed E-state index contributed by atoms with van der Waals surface area (Å²) in [5.74, 6) is -1.42. The Kier molecular flexibility index (Phi) is 3.64. The first kappa shape index (κ1) is 13.6. The smallest absolute Gasteiger partial charge is 0.352 e. The second kappa shape index (κ2) is 5.07. The highest BCUT2D eigenvalue weighted by molar-refractivity contribution is 6.35. The van der Waals surface area contributed by atoms with E-state index in [4.69, 9.17) is 28.3 Å². The van der Waals surface area contributed by atoms with Crippen molar-refractivity contribution in [2.24, 2.45) is 7.05 Å². The van der Waals surface area contributed by atoms with Crippen molar-refractivity contribution in [3.05, 3.63) is 57.3 Å². The monoisotopic (exact) mass is 297 g/mol. The number of aromatic nitrogens is 1. The van der Waals surface area contributed by atoms with Crippen molar-refractivity contribution in [2.45, 2.75) is 0 Å². The number of hydrogen-bond donors (Lipinski definition) is 1. The van der Waals surface area contributed by atoms with Gasteiger partial charge in [0.25, 0.3) is 0 Å². The maximum atomic E-state index is 12.2. The zero-order chi connectivity index (χ0) is 14.2. The van der Waals surface area contributed by atoms with E-state index in [1.165, 1.54) is 35.0 Å². The van der Waals surface area contributed by atoms with Crippen LogP contribution >= 0.6 is 23.2 Å². The molecule has 0 aliphatic heterocycles. The van der Waals surface area contributed by atoms with Gasteiger partial charge in [-0.3, -0.25) is 4.79 Å². The lowest BCUT2D eigenvalue weighted by Crippen LogP contribution is -2.02. The van der Waals surface area contributed by atoms with Gasteiger partial charge < -0.3 is 9.67 Å². The Labute approximate surface area is 119 Å². The zero-order valence-corrected chi connectivity index (χ0v) is 11.4. The van der Waals surface area contributed by atoms with Crippen molar-refractivity contribution in [2.75, 3.05) is 0 Å². The molecule has 1 aromatic heterocycles. The molecule has 0 aliphatic carbocycles. The molecule has 1 heterocycles. The minimum absolute atomic E-state index is 0.0384. The Morgan fingerprint density at radius 1 is 1.05 bits per heavy atom. The molecule has 6 heteroatoms. The minimum atomic E-state index is -1.09. The van der Waals surface area contributed by atoms with Gasteiger partial charge in [-0.15, -0.1) is 0 Å². The summed E-state index contributed by atoms with van der Waals surface area (Å²) >= 11 is 11.7. The van der Waals surface area contributed by atoms with Crippen molar-refractivity contribution in [1.29, 1.82) is 0 Å². The molecule has 0 bridgehead atoms. The number of nitrogens with zero attached hydrogens (tertiary/aromatic N) is 1. The summed E-state index contributed by atoms with van der Waals surface area (Å²) in [4.78, 5) is 23.1. The molecule has 0 amide bonds. The van der Waals surface area contributed by atoms with Crippen LogP contribution in [0, 0.1) is 0 Å². The summed E-state index contributed by atoms with van der Waals surface area (Å²) in [6.07, 6.45) is 1.46. The number of benzene rings is 1. The summed E-state index contributed by atoms with van der Waals surface area (Å²) < 4.78 is 1.38. The van der Waals surface area contributed by atoms with E-state index >= 15 is 0 Å². The van der Waals surface area contributed by atoms with E-state index in [9.17, 15) is 9.59 Å². The van der Waals surface area contributed by atoms with E-state index < -0.39 is 5.97 Å². The Hall–Kier alpha value is -1.78. The summed E-state index contributed by atoms with van der Waals surface area (Å²) in [7, 11) is 1.56. The molecule has 1 N–H and O–H groups in total. The van der Waals surface area contributed by atoms with Gasteiger partial charge in [0, 0.05) is 34.4 Å². The van der Waals surface area contributed by atoms with Crippen molar-refractivity contribution >= 4 is 35.0 Å². The highest BCUT2D eigenvalue weighted by atomic mass is 35.5. The summed E-state index contributed by atoms with van der Waals surface area (Å²) in [5.41, 5.74) is 0.634. The van der Waals surface area contributed by atoms with Gasteiger partial charge >= 0.3 is 5.97 Å². The lowest BCUT2D eigenvalue weighted by molar-refractivity contribution is 0.0686. The van der Waals surface area contributed by atoms with Gasteiger partial charge in [-0.25, -0.2) is 4.79 Å². The molecule has 19 heavy (non-hydrogen) atoms. The molecular formula is C13H9Cl2NO3. The molecule has 0 fully saturated rings. The van der Waals surface area contributed by atoms with Crippen LogP contribution in [0.3, 0.4) is 0 Å². The molecule has 98 valence electrons. The van der Waals surface area contributed by atoms with E-state index in [1.807, 2.05) is 0 Å². The fraction of sp³-hybridized carbons (Fsp3) is 0.0769. The van der Waals surface area contributed by atoms with Gasteiger partial charge in [0.05, 0.1) is 0 Å². The van der Waals surface area contributed by atoms with Crippen LogP contribution in [0.1, 0.15) is 26.4 Å². The number of aromatic carboxylic acids is 1. The fourth-order valence-electron chi connectivity index (χ4n) is 1.75. The van der Waals surface area contributed by atoms with Crippen molar-refractivity contribution in [1.82, 2.24) is 4.57 Å². The Balaban J connectivity index is 2.44. The standard InChI is InChI=1S/C13H9Cl2NO3/c1-16-6-8(4-11(16)13(18)19)12(17)7-2-9(14)5-10(15)3-7/h2-6H,1H3,(H,18,19). The molecule has 0 radical (unpaired) electrons. The van der Waals surface area contributed by atoms with Gasteiger partial charge in [-0.1, -0.05) is 23.2 Å². The largest absolute Gasteiger partial charge is 0.477 e. The predicted octanol–water partition coefficient (Wildman–Crippen LogP) is 3.26. The number of carbonyl (C=O) groups is 2. The van der Waals surface area contributed by atoms with E-state index in [-0.39, 0.29) is 17.0 Å². The molecule has 0 atom stereocenters. The molecular weight excluding hydrogens is 289 g/mol. The average molecular weight is 298 g/mol. The summed E-state index contributed by atoms with van der Waals surface area (Å²) in [6, 6.07) is 5.82. The quantitative estimate of drug-likeness (QED) is 0.885. The first-order valence-corrected chi connectivity index (χ1v) is 6.04. The highest BCUT2D eigenvalue weighted by Crippen LogP contribution is 2.22. The van der Waals surface area contributed by atoms with Crippen LogP contribution in [-0.4, -0.2) is 21.4 Å². The van der Waals surface area contributed by atoms with Gasteiger partial charge in [0.15, 0.2) is 5.78 Å². The fourth-order valence-corrected chi connectivity index (χ4v) is 2.28. The molecule has 1 aromatic carbocycles. The van der Waals surface area contributed by atoms with Gasteiger partial charge in [-0.2, -0.15) is 0 Å². The van der Waals surface area contributed by atoms with E-state index in [0.717, 1.165) is 0 Å². The molecule has 0 spiro atoms. The second-order valence-electron chi connectivity index (χ2n) is 4.02. The molecule has 0 aliphatic rings. The summed E-state index contributed by atoms with van der Waals surface area (Å²) in [6.45, 7) is 0. The second-order valence-corrected chi connectivity index (χ2v) is 4.89. The lowest BCUT2D eigenvalue weighted by Gasteiger charge is -2.00. The lowest BCUT2D eigenvalue weighted by atomic mass is 10.1. The van der Waals surface area contributed by atoms with Gasteiger partial charge in [0.1, 0.15) is 5.69 Å². The number of carbonyl (C=O) groups excluding carboxylic acids is 1. The zero-order valence-electron chi connectivity index (χ0n) is 9.85. The molecule has 0 unspecified atom stereocenters. The van der Waals surface area contributed by atoms with Crippen LogP contribution in [0.15, 0.2) is 30.5 Å². The van der Waals surface area contributed by atoms with Gasteiger partial charge in [0.2, 0.25) is 0 Å². The molecule has 4 nitrogen and oxygen atoms in total. The number of carboxylic acid groups (broad SMARTS) is 1. The molecule has 0 saturated carbocycles. The Bertz CT molecular complexity index is 656. The third-order valence-electron chi connectivity index (χ3n) is 2.61. The highest BCUT2D eigenvalue weighted by Gasteiger charge is 2.17. The summed E-state index contributed by atoms with van der Waals surface area (Å²) in [5, 5.41) is 9.65. The average Bonchev–Trinajstić information content (AvgIpc) is 2.69. The van der Waals surface area contributed by atoms with Crippen molar-refractivity contribution in [3.8, 4) is 0 Å². The Morgan fingerprint density at radius 2 is 1.63 bits per heavy atom. The minimum Gasteiger partial charge on any atom is -0.477 e. The third kappa shape index (κ3) is 2.80. The Morgan fingerprint density at radius 3 is 2.11 bits per heavy atom. The van der Waals surface area contributed by atoms with E-state index in [2.05, 4.69) is 0 Å². The third-order valence-corrected chi connectivity index (χ3v) is 3.05. The maximum absolute atomic E-state index is 12.2. The normalized spacial score (nSPS) is 10.5. The van der Waals surface area contributed by atoms with Gasteiger partial charge in [-0.05, 0) is 24.3 Å². The number of halogens is 2. The SMILES string of the molecule is Cn1cc(C(=O)c2cc(Cl)cc(Cl)c2)cc1C(=O)O.